The van der Waals surface area contributed by atoms with E-state index in [2.05, 4.69) is 0 Å². The van der Waals surface area contributed by atoms with Crippen LogP contribution in [0.25, 0.3) is 0 Å². The number of rotatable bonds is 3. The standard InChI is InChI=1S/C17H20FNO/c1-10-5-6-15(18)14(7-10)16(19)13-8-11(2)17(20-4)12(3)9-13/h5-9,16H,19H2,1-4H3. The smallest absolute Gasteiger partial charge is 0.128 e. The topological polar surface area (TPSA) is 35.2 Å². The van der Waals surface area contributed by atoms with Crippen LogP contribution in [-0.4, -0.2) is 7.11 Å². The fourth-order valence-corrected chi connectivity index (χ4v) is 2.57. The summed E-state index contributed by atoms with van der Waals surface area (Å²) in [6.45, 7) is 5.86. The number of ether oxygens (including phenoxy) is 1. The minimum atomic E-state index is -0.474. The number of hydrogen-bond donors (Lipinski definition) is 1. The zero-order chi connectivity index (χ0) is 14.9. The van der Waals surface area contributed by atoms with E-state index in [9.17, 15) is 4.39 Å². The third kappa shape index (κ3) is 2.68. The summed E-state index contributed by atoms with van der Waals surface area (Å²) in [6.07, 6.45) is 0. The van der Waals surface area contributed by atoms with Crippen molar-refractivity contribution in [2.45, 2.75) is 26.8 Å². The monoisotopic (exact) mass is 273 g/mol. The van der Waals surface area contributed by atoms with Gasteiger partial charge in [-0.1, -0.05) is 29.8 Å². The van der Waals surface area contributed by atoms with E-state index >= 15 is 0 Å². The average Bonchev–Trinajstić information content (AvgIpc) is 2.40. The minimum absolute atomic E-state index is 0.269. The summed E-state index contributed by atoms with van der Waals surface area (Å²) in [5, 5.41) is 0. The molecule has 106 valence electrons. The Bertz CT molecular complexity index is 614. The maximum atomic E-state index is 13.9. The van der Waals surface area contributed by atoms with E-state index in [4.69, 9.17) is 10.5 Å². The van der Waals surface area contributed by atoms with Gasteiger partial charge in [-0.15, -0.1) is 0 Å². The fraction of sp³-hybridized carbons (Fsp3) is 0.294. The molecule has 0 saturated carbocycles. The third-order valence-corrected chi connectivity index (χ3v) is 3.53. The van der Waals surface area contributed by atoms with Crippen molar-refractivity contribution in [2.75, 3.05) is 7.11 Å². The van der Waals surface area contributed by atoms with Gasteiger partial charge in [0.1, 0.15) is 11.6 Å². The molecule has 1 atom stereocenters. The van der Waals surface area contributed by atoms with Crippen LogP contribution in [0.15, 0.2) is 30.3 Å². The summed E-state index contributed by atoms with van der Waals surface area (Å²) in [6, 6.07) is 8.45. The van der Waals surface area contributed by atoms with Crippen LogP contribution < -0.4 is 10.5 Å². The Hall–Kier alpha value is -1.87. The average molecular weight is 273 g/mol. The summed E-state index contributed by atoms with van der Waals surface area (Å²) < 4.78 is 19.3. The van der Waals surface area contributed by atoms with Gasteiger partial charge in [0.15, 0.2) is 0 Å². The molecule has 0 fully saturated rings. The van der Waals surface area contributed by atoms with E-state index < -0.39 is 6.04 Å². The van der Waals surface area contributed by atoms with Gasteiger partial charge in [0, 0.05) is 5.56 Å². The molecule has 0 aromatic heterocycles. The summed E-state index contributed by atoms with van der Waals surface area (Å²) in [5.74, 6) is 0.583. The second-order valence-electron chi connectivity index (χ2n) is 5.19. The lowest BCUT2D eigenvalue weighted by Crippen LogP contribution is -2.14. The molecule has 0 aliphatic heterocycles. The van der Waals surface area contributed by atoms with Gasteiger partial charge in [-0.2, -0.15) is 0 Å². The number of hydrogen-bond acceptors (Lipinski definition) is 2. The molecule has 0 spiro atoms. The van der Waals surface area contributed by atoms with Crippen molar-refractivity contribution >= 4 is 0 Å². The van der Waals surface area contributed by atoms with Gasteiger partial charge in [0.2, 0.25) is 0 Å². The van der Waals surface area contributed by atoms with Crippen molar-refractivity contribution in [3.8, 4) is 5.75 Å². The van der Waals surface area contributed by atoms with Crippen molar-refractivity contribution in [2.24, 2.45) is 5.73 Å². The molecule has 0 heterocycles. The molecule has 2 aromatic carbocycles. The lowest BCUT2D eigenvalue weighted by molar-refractivity contribution is 0.408. The first-order valence-corrected chi connectivity index (χ1v) is 6.60. The Morgan fingerprint density at radius 2 is 1.65 bits per heavy atom. The highest BCUT2D eigenvalue weighted by atomic mass is 19.1. The first-order valence-electron chi connectivity index (χ1n) is 6.60. The second kappa shape index (κ2) is 5.63. The molecule has 0 bridgehead atoms. The number of benzene rings is 2. The first-order chi connectivity index (χ1) is 9.43. The van der Waals surface area contributed by atoms with E-state index in [0.717, 1.165) is 28.0 Å². The SMILES string of the molecule is COc1c(C)cc(C(N)c2cc(C)ccc2F)cc1C. The summed E-state index contributed by atoms with van der Waals surface area (Å²) in [5.41, 5.74) is 10.7. The largest absolute Gasteiger partial charge is 0.496 e. The lowest BCUT2D eigenvalue weighted by Gasteiger charge is -2.17. The molecule has 0 saturated heterocycles. The van der Waals surface area contributed by atoms with E-state index in [1.165, 1.54) is 6.07 Å². The van der Waals surface area contributed by atoms with E-state index in [-0.39, 0.29) is 5.82 Å². The molecular formula is C17H20FNO. The van der Waals surface area contributed by atoms with Crippen LogP contribution in [-0.2, 0) is 0 Å². The Labute approximate surface area is 119 Å². The predicted molar refractivity (Wildman–Crippen MR) is 79.6 cm³/mol. The van der Waals surface area contributed by atoms with Gasteiger partial charge in [-0.05, 0) is 43.5 Å². The summed E-state index contributed by atoms with van der Waals surface area (Å²) >= 11 is 0. The van der Waals surface area contributed by atoms with Crippen LogP contribution in [0.4, 0.5) is 4.39 Å². The van der Waals surface area contributed by atoms with Crippen molar-refractivity contribution in [1.82, 2.24) is 0 Å². The van der Waals surface area contributed by atoms with E-state index in [1.54, 1.807) is 19.2 Å². The normalized spacial score (nSPS) is 12.3. The van der Waals surface area contributed by atoms with Crippen molar-refractivity contribution in [3.63, 3.8) is 0 Å². The number of halogens is 1. The zero-order valence-electron chi connectivity index (χ0n) is 12.3. The van der Waals surface area contributed by atoms with Crippen molar-refractivity contribution in [1.29, 1.82) is 0 Å². The highest BCUT2D eigenvalue weighted by molar-refractivity contribution is 5.46. The third-order valence-electron chi connectivity index (χ3n) is 3.53. The van der Waals surface area contributed by atoms with Crippen LogP contribution >= 0.6 is 0 Å². The number of methoxy groups -OCH3 is 1. The maximum absolute atomic E-state index is 13.9. The maximum Gasteiger partial charge on any atom is 0.128 e. The van der Waals surface area contributed by atoms with Crippen LogP contribution in [0, 0.1) is 26.6 Å². The Kier molecular flexibility index (Phi) is 4.09. The fourth-order valence-electron chi connectivity index (χ4n) is 2.57. The zero-order valence-corrected chi connectivity index (χ0v) is 12.3. The van der Waals surface area contributed by atoms with Gasteiger partial charge in [-0.25, -0.2) is 4.39 Å². The summed E-state index contributed by atoms with van der Waals surface area (Å²) in [7, 11) is 1.65. The van der Waals surface area contributed by atoms with Gasteiger partial charge in [0.25, 0.3) is 0 Å². The van der Waals surface area contributed by atoms with Crippen LogP contribution in [0.2, 0.25) is 0 Å². The molecule has 2 rings (SSSR count). The molecule has 2 aromatic rings. The molecule has 2 nitrogen and oxygen atoms in total. The molecule has 0 aliphatic rings. The first kappa shape index (κ1) is 14.5. The molecule has 0 radical (unpaired) electrons. The number of nitrogens with two attached hydrogens (primary N) is 1. The lowest BCUT2D eigenvalue weighted by atomic mass is 9.94. The van der Waals surface area contributed by atoms with Crippen LogP contribution in [0.5, 0.6) is 5.75 Å². The molecule has 2 N–H and O–H groups in total. The van der Waals surface area contributed by atoms with Gasteiger partial charge in [0.05, 0.1) is 13.2 Å². The molecular weight excluding hydrogens is 253 g/mol. The van der Waals surface area contributed by atoms with Crippen molar-refractivity contribution < 1.29 is 9.13 Å². The van der Waals surface area contributed by atoms with Crippen LogP contribution in [0.3, 0.4) is 0 Å². The van der Waals surface area contributed by atoms with Gasteiger partial charge >= 0.3 is 0 Å². The second-order valence-corrected chi connectivity index (χ2v) is 5.19. The predicted octanol–water partition coefficient (Wildman–Crippen LogP) is 3.81. The Balaban J connectivity index is 2.48. The minimum Gasteiger partial charge on any atom is -0.496 e. The van der Waals surface area contributed by atoms with Crippen LogP contribution in [0.1, 0.15) is 33.9 Å². The van der Waals surface area contributed by atoms with Gasteiger partial charge in [-0.3, -0.25) is 0 Å². The molecule has 3 heteroatoms. The highest BCUT2D eigenvalue weighted by Gasteiger charge is 2.16. The quantitative estimate of drug-likeness (QED) is 0.923. The number of aryl methyl sites for hydroxylation is 3. The van der Waals surface area contributed by atoms with E-state index in [0.29, 0.717) is 5.56 Å². The molecule has 0 aliphatic carbocycles. The Morgan fingerprint density at radius 1 is 1.05 bits per heavy atom. The highest BCUT2D eigenvalue weighted by Crippen LogP contribution is 2.30. The molecule has 20 heavy (non-hydrogen) atoms. The van der Waals surface area contributed by atoms with E-state index in [1.807, 2.05) is 32.9 Å². The molecule has 1 unspecified atom stereocenters. The molecule has 0 amide bonds. The summed E-state index contributed by atoms with van der Waals surface area (Å²) in [4.78, 5) is 0. The van der Waals surface area contributed by atoms with Gasteiger partial charge < -0.3 is 10.5 Å². The Morgan fingerprint density at radius 3 is 2.20 bits per heavy atom. The van der Waals surface area contributed by atoms with Crippen molar-refractivity contribution in [3.05, 3.63) is 64.0 Å².